The van der Waals surface area contributed by atoms with Gasteiger partial charge in [-0.1, -0.05) is 12.1 Å². The number of rotatable bonds is 4. The Morgan fingerprint density at radius 1 is 1.24 bits per heavy atom. The molecule has 2 saturated heterocycles. The van der Waals surface area contributed by atoms with Crippen LogP contribution in [-0.4, -0.2) is 85.7 Å². The van der Waals surface area contributed by atoms with E-state index in [1.807, 2.05) is 0 Å². The van der Waals surface area contributed by atoms with Crippen LogP contribution < -0.4 is 0 Å². The molecule has 8 nitrogen and oxygen atoms in total. The van der Waals surface area contributed by atoms with E-state index >= 15 is 0 Å². The van der Waals surface area contributed by atoms with Crippen LogP contribution in [0.4, 0.5) is 4.39 Å². The number of fused-ring (bicyclic) bond motifs is 3. The highest BCUT2D eigenvalue weighted by atomic mass is 35.5. The number of ether oxygens (including phenoxy) is 1. The number of piperidine rings is 1. The quantitative estimate of drug-likeness (QED) is 0.604. The fourth-order valence-corrected chi connectivity index (χ4v) is 6.97. The number of morpholine rings is 1. The first-order chi connectivity index (χ1) is 15.9. The molecule has 5 rings (SSSR count). The first-order valence-electron chi connectivity index (χ1n) is 11.2. The predicted molar refractivity (Wildman–Crippen MR) is 121 cm³/mol. The molecule has 1 atom stereocenters. The zero-order valence-corrected chi connectivity index (χ0v) is 19.7. The highest BCUT2D eigenvalue weighted by Crippen LogP contribution is 2.42. The molecule has 0 unspecified atom stereocenters. The predicted octanol–water partition coefficient (Wildman–Crippen LogP) is 2.32. The molecule has 1 aromatic carbocycles. The van der Waals surface area contributed by atoms with E-state index in [0.717, 1.165) is 32.0 Å². The van der Waals surface area contributed by atoms with Gasteiger partial charge < -0.3 is 14.5 Å². The molecule has 2 fully saturated rings. The van der Waals surface area contributed by atoms with Gasteiger partial charge in [-0.2, -0.15) is 5.10 Å². The lowest BCUT2D eigenvalue weighted by atomic mass is 10.0. The van der Waals surface area contributed by atoms with Gasteiger partial charge in [0.15, 0.2) is 15.5 Å². The van der Waals surface area contributed by atoms with E-state index in [4.69, 9.17) is 21.4 Å². The van der Waals surface area contributed by atoms with Crippen LogP contribution in [0.25, 0.3) is 11.3 Å². The Morgan fingerprint density at radius 3 is 2.79 bits per heavy atom. The van der Waals surface area contributed by atoms with Crippen molar-refractivity contribution in [1.82, 2.24) is 19.6 Å². The number of benzene rings is 1. The molecule has 33 heavy (non-hydrogen) atoms. The monoisotopic (exact) mass is 496 g/mol. The molecule has 0 spiro atoms. The Bertz CT molecular complexity index is 1180. The molecule has 2 aromatic rings. The number of aromatic nitrogens is 2. The number of nitrogens with zero attached hydrogens (tertiary/aromatic N) is 4. The van der Waals surface area contributed by atoms with E-state index in [9.17, 15) is 17.6 Å². The minimum Gasteiger partial charge on any atom is -0.378 e. The normalized spacial score (nSPS) is 22.6. The minimum atomic E-state index is -3.96. The third-order valence-corrected chi connectivity index (χ3v) is 8.48. The molecule has 3 aliphatic heterocycles. The fourth-order valence-electron chi connectivity index (χ4n) is 5.07. The SMILES string of the molecule is O=C(c1nn([C@H]2CCCN(CCCl)C2)c2c1CS(=O)(=O)c1c(F)cccc1-2)N1CCOCC1. The fraction of sp³-hybridized carbons (Fsp3) is 0.545. The smallest absolute Gasteiger partial charge is 0.274 e. The molecule has 0 aliphatic carbocycles. The lowest BCUT2D eigenvalue weighted by Gasteiger charge is -2.33. The number of hydrogen-bond donors (Lipinski definition) is 0. The summed E-state index contributed by atoms with van der Waals surface area (Å²) in [5.41, 5.74) is 1.31. The number of carbonyl (C=O) groups is 1. The van der Waals surface area contributed by atoms with Gasteiger partial charge in [0, 0.05) is 43.2 Å². The molecule has 0 N–H and O–H groups in total. The number of hydrogen-bond acceptors (Lipinski definition) is 6. The van der Waals surface area contributed by atoms with Gasteiger partial charge >= 0.3 is 0 Å². The van der Waals surface area contributed by atoms with Crippen molar-refractivity contribution in [1.29, 1.82) is 0 Å². The summed E-state index contributed by atoms with van der Waals surface area (Å²) in [5.74, 6) is -1.02. The van der Waals surface area contributed by atoms with Crippen molar-refractivity contribution >= 4 is 27.3 Å². The highest BCUT2D eigenvalue weighted by Gasteiger charge is 2.40. The summed E-state index contributed by atoms with van der Waals surface area (Å²) in [6.45, 7) is 4.04. The zero-order chi connectivity index (χ0) is 23.2. The summed E-state index contributed by atoms with van der Waals surface area (Å²) < 4.78 is 48.0. The Balaban J connectivity index is 1.66. The second kappa shape index (κ2) is 8.98. The van der Waals surface area contributed by atoms with Crippen molar-refractivity contribution in [3.05, 3.63) is 35.3 Å². The molecule has 1 aromatic heterocycles. The maximum atomic E-state index is 14.7. The zero-order valence-electron chi connectivity index (χ0n) is 18.2. The van der Waals surface area contributed by atoms with Crippen LogP contribution in [0.15, 0.2) is 23.1 Å². The van der Waals surface area contributed by atoms with E-state index in [1.54, 1.807) is 15.6 Å². The van der Waals surface area contributed by atoms with Crippen LogP contribution in [0.3, 0.4) is 0 Å². The largest absolute Gasteiger partial charge is 0.378 e. The molecular weight excluding hydrogens is 471 g/mol. The summed E-state index contributed by atoms with van der Waals surface area (Å²) in [6.07, 6.45) is 1.76. The van der Waals surface area contributed by atoms with Gasteiger partial charge in [0.2, 0.25) is 0 Å². The summed E-state index contributed by atoms with van der Waals surface area (Å²) in [7, 11) is -3.96. The first-order valence-corrected chi connectivity index (χ1v) is 13.4. The van der Waals surface area contributed by atoms with Gasteiger partial charge in [-0.25, -0.2) is 12.8 Å². The third kappa shape index (κ3) is 4.07. The standard InChI is InChI=1S/C22H26ClFN4O4S/c23-6-8-26-7-2-3-15(13-26)28-20-16-4-1-5-18(24)21(16)33(30,31)14-17(20)19(25-28)22(29)27-9-11-32-12-10-27/h1,4-5,15H,2-3,6-14H2/t15-/m0/s1. The van der Waals surface area contributed by atoms with Crippen molar-refractivity contribution < 1.29 is 22.3 Å². The van der Waals surface area contributed by atoms with E-state index in [1.165, 1.54) is 6.07 Å². The van der Waals surface area contributed by atoms with Crippen LogP contribution in [-0.2, 0) is 20.3 Å². The average Bonchev–Trinajstić information content (AvgIpc) is 3.18. The molecule has 4 heterocycles. The van der Waals surface area contributed by atoms with Crippen molar-refractivity contribution in [2.45, 2.75) is 29.5 Å². The molecule has 0 radical (unpaired) electrons. The molecule has 178 valence electrons. The van der Waals surface area contributed by atoms with Gasteiger partial charge in [-0.3, -0.25) is 9.48 Å². The second-order valence-corrected chi connectivity index (χ2v) is 11.0. The maximum absolute atomic E-state index is 14.7. The van der Waals surface area contributed by atoms with Crippen LogP contribution in [0, 0.1) is 5.82 Å². The Morgan fingerprint density at radius 2 is 2.03 bits per heavy atom. The summed E-state index contributed by atoms with van der Waals surface area (Å²) in [5, 5.41) is 4.72. The van der Waals surface area contributed by atoms with Gasteiger partial charge in [-0.05, 0) is 25.5 Å². The van der Waals surface area contributed by atoms with Gasteiger partial charge in [0.25, 0.3) is 5.91 Å². The number of halogens is 2. The van der Waals surface area contributed by atoms with Crippen molar-refractivity contribution in [3.8, 4) is 11.3 Å². The molecule has 3 aliphatic rings. The molecule has 0 bridgehead atoms. The third-order valence-electron chi connectivity index (χ3n) is 6.60. The summed E-state index contributed by atoms with van der Waals surface area (Å²) in [6, 6.07) is 4.19. The van der Waals surface area contributed by atoms with Crippen LogP contribution >= 0.6 is 11.6 Å². The van der Waals surface area contributed by atoms with E-state index < -0.39 is 21.4 Å². The lowest BCUT2D eigenvalue weighted by molar-refractivity contribution is 0.0297. The van der Waals surface area contributed by atoms with Gasteiger partial charge in [0.1, 0.15) is 10.7 Å². The van der Waals surface area contributed by atoms with Crippen molar-refractivity contribution in [2.24, 2.45) is 0 Å². The number of carbonyl (C=O) groups excluding carboxylic acids is 1. The van der Waals surface area contributed by atoms with Crippen LogP contribution in [0.2, 0.25) is 0 Å². The highest BCUT2D eigenvalue weighted by molar-refractivity contribution is 7.91. The molecule has 11 heteroatoms. The number of amides is 1. The van der Waals surface area contributed by atoms with Crippen LogP contribution in [0.5, 0.6) is 0 Å². The molecular formula is C22H26ClFN4O4S. The number of likely N-dealkylation sites (tertiary alicyclic amines) is 1. The van der Waals surface area contributed by atoms with E-state index in [2.05, 4.69) is 4.90 Å². The van der Waals surface area contributed by atoms with Gasteiger partial charge in [0.05, 0.1) is 30.7 Å². The van der Waals surface area contributed by atoms with E-state index in [-0.39, 0.29) is 28.1 Å². The van der Waals surface area contributed by atoms with Crippen molar-refractivity contribution in [3.63, 3.8) is 0 Å². The maximum Gasteiger partial charge on any atom is 0.274 e. The Hall–Kier alpha value is -2.01. The number of sulfone groups is 1. The second-order valence-electron chi connectivity index (χ2n) is 8.69. The Labute approximate surface area is 197 Å². The summed E-state index contributed by atoms with van der Waals surface area (Å²) >= 11 is 5.96. The topological polar surface area (TPSA) is 84.7 Å². The van der Waals surface area contributed by atoms with Gasteiger partial charge in [-0.15, -0.1) is 11.6 Å². The average molecular weight is 497 g/mol. The number of alkyl halides is 1. The molecule has 0 saturated carbocycles. The first kappa shape index (κ1) is 22.8. The summed E-state index contributed by atoms with van der Waals surface area (Å²) in [4.78, 5) is 17.0. The Kier molecular flexibility index (Phi) is 6.19. The minimum absolute atomic E-state index is 0.0705. The molecule has 1 amide bonds. The van der Waals surface area contributed by atoms with Crippen LogP contribution in [0.1, 0.15) is 34.9 Å². The van der Waals surface area contributed by atoms with E-state index in [0.29, 0.717) is 50.0 Å². The van der Waals surface area contributed by atoms with Crippen molar-refractivity contribution in [2.75, 3.05) is 51.8 Å². The lowest BCUT2D eigenvalue weighted by Crippen LogP contribution is -2.41.